The predicted molar refractivity (Wildman–Crippen MR) is 142 cm³/mol. The van der Waals surface area contributed by atoms with Crippen LogP contribution in [0.3, 0.4) is 0 Å². The molecule has 1 fully saturated rings. The van der Waals surface area contributed by atoms with Crippen LogP contribution in [0, 0.1) is 0 Å². The summed E-state index contributed by atoms with van der Waals surface area (Å²) in [5.41, 5.74) is 6.05. The molecule has 0 saturated carbocycles. The van der Waals surface area contributed by atoms with Crippen molar-refractivity contribution in [2.75, 3.05) is 11.9 Å². The molecule has 1 aromatic carbocycles. The van der Waals surface area contributed by atoms with Gasteiger partial charge >= 0.3 is 0 Å². The van der Waals surface area contributed by atoms with Gasteiger partial charge in [0.2, 0.25) is 0 Å². The van der Waals surface area contributed by atoms with Crippen molar-refractivity contribution < 1.29 is 0 Å². The van der Waals surface area contributed by atoms with Gasteiger partial charge in [-0.15, -0.1) is 21.5 Å². The van der Waals surface area contributed by atoms with Crippen LogP contribution in [0.5, 0.6) is 0 Å². The van der Waals surface area contributed by atoms with Crippen molar-refractivity contribution in [3.05, 3.63) is 52.4 Å². The summed E-state index contributed by atoms with van der Waals surface area (Å²) in [6.07, 6.45) is 3.77. The molecule has 182 valence electrons. The van der Waals surface area contributed by atoms with Crippen molar-refractivity contribution in [1.29, 1.82) is 0 Å². The second-order valence-corrected chi connectivity index (χ2v) is 11.6. The lowest BCUT2D eigenvalue weighted by Crippen LogP contribution is -2.62. The maximum atomic E-state index is 12.1. The molecule has 0 spiro atoms. The first kappa shape index (κ1) is 23.6. The first-order valence-electron chi connectivity index (χ1n) is 11.8. The standard InChI is InChI=1S/C26H31N7OS/c1-25(2)12-17(13-26(3,4)31-25)32(5)21-10-9-20(29-30-21)19-8-7-18(23-24(19)35-15-27-23)16-11-22(34)33(6)28-14-16/h7-11,14-15,17,31H,12-13H2,1-6H3. The fraction of sp³-hybridized carbons (Fsp3) is 0.423. The second-order valence-electron chi connectivity index (χ2n) is 10.7. The Morgan fingerprint density at radius 1 is 1.06 bits per heavy atom. The summed E-state index contributed by atoms with van der Waals surface area (Å²) in [4.78, 5) is 19.0. The minimum atomic E-state index is -0.152. The summed E-state index contributed by atoms with van der Waals surface area (Å²) in [6, 6.07) is 10.1. The molecule has 0 bridgehead atoms. The van der Waals surface area contributed by atoms with Crippen molar-refractivity contribution in [3.63, 3.8) is 0 Å². The quantitative estimate of drug-likeness (QED) is 0.458. The van der Waals surface area contributed by atoms with E-state index in [-0.39, 0.29) is 16.6 Å². The lowest BCUT2D eigenvalue weighted by molar-refractivity contribution is 0.160. The van der Waals surface area contributed by atoms with Crippen molar-refractivity contribution in [2.45, 2.75) is 57.7 Å². The molecule has 1 N–H and O–H groups in total. The predicted octanol–water partition coefficient (Wildman–Crippen LogP) is 4.26. The van der Waals surface area contributed by atoms with Gasteiger partial charge in [0.15, 0.2) is 5.82 Å². The monoisotopic (exact) mass is 489 g/mol. The Bertz CT molecular complexity index is 1420. The number of anilines is 1. The molecule has 9 heteroatoms. The molecule has 1 saturated heterocycles. The number of rotatable bonds is 4. The number of piperidine rings is 1. The fourth-order valence-corrected chi connectivity index (χ4v) is 6.23. The molecular formula is C26H31N7OS. The van der Waals surface area contributed by atoms with Crippen LogP contribution in [0.1, 0.15) is 40.5 Å². The average molecular weight is 490 g/mol. The molecule has 0 radical (unpaired) electrons. The molecule has 1 aliphatic heterocycles. The lowest BCUT2D eigenvalue weighted by atomic mass is 9.79. The van der Waals surface area contributed by atoms with Gasteiger partial charge in [-0.3, -0.25) is 4.79 Å². The highest BCUT2D eigenvalue weighted by Crippen LogP contribution is 2.37. The summed E-state index contributed by atoms with van der Waals surface area (Å²) in [5, 5.41) is 17.1. The molecule has 4 aromatic rings. The topological polar surface area (TPSA) is 88.8 Å². The summed E-state index contributed by atoms with van der Waals surface area (Å²) < 4.78 is 2.33. The third-order valence-electron chi connectivity index (χ3n) is 6.77. The van der Waals surface area contributed by atoms with Gasteiger partial charge in [-0.2, -0.15) is 5.10 Å². The molecular weight excluding hydrogens is 458 g/mol. The van der Waals surface area contributed by atoms with Crippen LogP contribution >= 0.6 is 11.3 Å². The van der Waals surface area contributed by atoms with Crippen molar-refractivity contribution >= 4 is 27.4 Å². The highest BCUT2D eigenvalue weighted by atomic mass is 32.1. The zero-order valence-electron chi connectivity index (χ0n) is 21.0. The molecule has 4 heterocycles. The van der Waals surface area contributed by atoms with E-state index in [9.17, 15) is 4.79 Å². The van der Waals surface area contributed by atoms with Gasteiger partial charge < -0.3 is 10.2 Å². The number of benzene rings is 1. The van der Waals surface area contributed by atoms with Crippen molar-refractivity contribution in [1.82, 2.24) is 30.3 Å². The smallest absolute Gasteiger partial charge is 0.267 e. The normalized spacial score (nSPS) is 17.5. The Morgan fingerprint density at radius 3 is 2.43 bits per heavy atom. The van der Waals surface area contributed by atoms with Crippen LogP contribution in [-0.2, 0) is 7.05 Å². The molecule has 0 aliphatic carbocycles. The number of aryl methyl sites for hydroxylation is 1. The van der Waals surface area contributed by atoms with Crippen LogP contribution in [0.2, 0.25) is 0 Å². The van der Waals surface area contributed by atoms with E-state index in [0.717, 1.165) is 51.3 Å². The fourth-order valence-electron chi connectivity index (χ4n) is 5.39. The average Bonchev–Trinajstić information content (AvgIpc) is 3.28. The van der Waals surface area contributed by atoms with Crippen LogP contribution in [-0.4, -0.2) is 49.1 Å². The van der Waals surface area contributed by atoms with E-state index in [0.29, 0.717) is 6.04 Å². The van der Waals surface area contributed by atoms with Gasteiger partial charge in [0, 0.05) is 54.0 Å². The van der Waals surface area contributed by atoms with Crippen LogP contribution in [0.4, 0.5) is 5.82 Å². The summed E-state index contributed by atoms with van der Waals surface area (Å²) in [7, 11) is 3.75. The maximum absolute atomic E-state index is 12.1. The van der Waals surface area contributed by atoms with Gasteiger partial charge in [0.1, 0.15) is 0 Å². The SMILES string of the molecule is CN(c1ccc(-c2ccc(-c3cnn(C)c(=O)c3)c3ncsc23)nn1)C1CC(C)(C)NC(C)(C)C1. The molecule has 3 aromatic heterocycles. The maximum Gasteiger partial charge on any atom is 0.267 e. The Kier molecular flexibility index (Phi) is 5.72. The second kappa shape index (κ2) is 8.49. The number of fused-ring (bicyclic) bond motifs is 1. The van der Waals surface area contributed by atoms with E-state index in [4.69, 9.17) is 0 Å². The third kappa shape index (κ3) is 4.58. The first-order valence-corrected chi connectivity index (χ1v) is 12.7. The summed E-state index contributed by atoms with van der Waals surface area (Å²) in [5.74, 6) is 0.871. The Hall–Kier alpha value is -3.17. The van der Waals surface area contributed by atoms with E-state index in [1.54, 1.807) is 30.6 Å². The highest BCUT2D eigenvalue weighted by Gasteiger charge is 2.39. The Balaban J connectivity index is 1.45. The van der Waals surface area contributed by atoms with E-state index in [1.807, 2.05) is 23.7 Å². The first-order chi connectivity index (χ1) is 16.5. The van der Waals surface area contributed by atoms with E-state index in [1.165, 1.54) is 4.68 Å². The van der Waals surface area contributed by atoms with E-state index in [2.05, 4.69) is 71.3 Å². The van der Waals surface area contributed by atoms with Gasteiger partial charge in [-0.05, 0) is 52.7 Å². The molecule has 0 atom stereocenters. The van der Waals surface area contributed by atoms with Gasteiger partial charge in [-0.1, -0.05) is 12.1 Å². The molecule has 5 rings (SSSR count). The largest absolute Gasteiger partial charge is 0.355 e. The number of nitrogens with one attached hydrogen (secondary N) is 1. The third-order valence-corrected chi connectivity index (χ3v) is 7.63. The molecule has 35 heavy (non-hydrogen) atoms. The lowest BCUT2D eigenvalue weighted by Gasteiger charge is -2.49. The number of nitrogens with zero attached hydrogens (tertiary/aromatic N) is 6. The minimum absolute atomic E-state index is 0.0616. The molecule has 0 amide bonds. The number of thiazole rings is 1. The Labute approximate surface area is 209 Å². The number of hydrogen-bond acceptors (Lipinski definition) is 8. The highest BCUT2D eigenvalue weighted by molar-refractivity contribution is 7.17. The van der Waals surface area contributed by atoms with E-state index < -0.39 is 0 Å². The van der Waals surface area contributed by atoms with Crippen LogP contribution in [0.25, 0.3) is 32.6 Å². The van der Waals surface area contributed by atoms with Crippen LogP contribution < -0.4 is 15.8 Å². The molecule has 1 aliphatic rings. The minimum Gasteiger partial charge on any atom is -0.355 e. The van der Waals surface area contributed by atoms with Gasteiger partial charge in [0.25, 0.3) is 5.56 Å². The van der Waals surface area contributed by atoms with Crippen molar-refractivity contribution in [3.8, 4) is 22.4 Å². The number of hydrogen-bond donors (Lipinski definition) is 1. The van der Waals surface area contributed by atoms with Crippen molar-refractivity contribution in [2.24, 2.45) is 7.05 Å². The molecule has 8 nitrogen and oxygen atoms in total. The zero-order chi connectivity index (χ0) is 25.0. The molecule has 0 unspecified atom stereocenters. The summed E-state index contributed by atoms with van der Waals surface area (Å²) >= 11 is 1.56. The van der Waals surface area contributed by atoms with Gasteiger partial charge in [0.05, 0.1) is 27.6 Å². The summed E-state index contributed by atoms with van der Waals surface area (Å²) in [6.45, 7) is 9.04. The van der Waals surface area contributed by atoms with Gasteiger partial charge in [-0.25, -0.2) is 9.67 Å². The Morgan fingerprint density at radius 2 is 1.77 bits per heavy atom. The van der Waals surface area contributed by atoms with E-state index >= 15 is 0 Å². The number of aromatic nitrogens is 5. The zero-order valence-corrected chi connectivity index (χ0v) is 21.8. The van der Waals surface area contributed by atoms with Crippen LogP contribution in [0.15, 0.2) is 46.8 Å².